The lowest BCUT2D eigenvalue weighted by molar-refractivity contribution is 0.101. The van der Waals surface area contributed by atoms with Crippen LogP contribution < -0.4 is 4.74 Å². The van der Waals surface area contributed by atoms with Crippen LogP contribution in [-0.2, 0) is 0 Å². The lowest BCUT2D eigenvalue weighted by Crippen LogP contribution is -1.99. The van der Waals surface area contributed by atoms with Gasteiger partial charge in [-0.1, -0.05) is 0 Å². The number of ether oxygens (including phenoxy) is 1. The van der Waals surface area contributed by atoms with Gasteiger partial charge < -0.3 is 4.74 Å². The van der Waals surface area contributed by atoms with Crippen LogP contribution in [0.2, 0.25) is 0 Å². The molecule has 1 aromatic carbocycles. The van der Waals surface area contributed by atoms with Crippen LogP contribution in [0.15, 0.2) is 16.6 Å². The van der Waals surface area contributed by atoms with E-state index in [4.69, 9.17) is 4.74 Å². The number of rotatable bonds is 3. The van der Waals surface area contributed by atoms with E-state index in [0.29, 0.717) is 27.6 Å². The monoisotopic (exact) mass is 256 g/mol. The number of Topliss-reactive ketones (excluding diaryl/α,β-unsaturated/α-hetero) is 1. The standard InChI is InChI=1S/C10H9BrO3/c1-6(13)7-3-4-9(14-2)8(5-12)10(7)11/h3-5H,1-2H3. The molecule has 0 saturated carbocycles. The summed E-state index contributed by atoms with van der Waals surface area (Å²) in [6.45, 7) is 1.45. The Labute approximate surface area is 90.2 Å². The van der Waals surface area contributed by atoms with Crippen LogP contribution in [0.4, 0.5) is 0 Å². The Morgan fingerprint density at radius 2 is 2.14 bits per heavy atom. The molecule has 0 spiro atoms. The zero-order chi connectivity index (χ0) is 10.7. The summed E-state index contributed by atoms with van der Waals surface area (Å²) in [5, 5.41) is 0. The second-order valence-electron chi connectivity index (χ2n) is 2.72. The summed E-state index contributed by atoms with van der Waals surface area (Å²) < 4.78 is 5.46. The van der Waals surface area contributed by atoms with Gasteiger partial charge in [0.15, 0.2) is 12.1 Å². The maximum absolute atomic E-state index is 11.1. The van der Waals surface area contributed by atoms with Gasteiger partial charge in [-0.15, -0.1) is 0 Å². The average Bonchev–Trinajstić information content (AvgIpc) is 2.16. The molecule has 0 amide bonds. The predicted molar refractivity (Wildman–Crippen MR) is 56.1 cm³/mol. The van der Waals surface area contributed by atoms with E-state index in [9.17, 15) is 9.59 Å². The third kappa shape index (κ3) is 1.85. The molecule has 1 aromatic rings. The number of carbonyl (C=O) groups is 2. The van der Waals surface area contributed by atoms with E-state index in [1.165, 1.54) is 14.0 Å². The summed E-state index contributed by atoms with van der Waals surface area (Å²) in [5.74, 6) is 0.361. The number of hydrogen-bond acceptors (Lipinski definition) is 3. The molecule has 0 unspecified atom stereocenters. The Kier molecular flexibility index (Phi) is 3.41. The molecule has 0 atom stereocenters. The van der Waals surface area contributed by atoms with Gasteiger partial charge in [0, 0.05) is 10.0 Å². The fraction of sp³-hybridized carbons (Fsp3) is 0.200. The van der Waals surface area contributed by atoms with Crippen molar-refractivity contribution >= 4 is 28.0 Å². The van der Waals surface area contributed by atoms with Crippen LogP contribution >= 0.6 is 15.9 Å². The summed E-state index contributed by atoms with van der Waals surface area (Å²) in [6, 6.07) is 3.23. The van der Waals surface area contributed by atoms with Crippen LogP contribution in [-0.4, -0.2) is 19.2 Å². The summed E-state index contributed by atoms with van der Waals surface area (Å²) in [4.78, 5) is 21.9. The van der Waals surface area contributed by atoms with Crippen molar-refractivity contribution in [2.75, 3.05) is 7.11 Å². The highest BCUT2D eigenvalue weighted by atomic mass is 79.9. The van der Waals surface area contributed by atoms with E-state index in [1.54, 1.807) is 12.1 Å². The molecule has 0 N–H and O–H groups in total. The lowest BCUT2D eigenvalue weighted by Gasteiger charge is -2.07. The van der Waals surface area contributed by atoms with Crippen molar-refractivity contribution in [1.82, 2.24) is 0 Å². The van der Waals surface area contributed by atoms with Crippen LogP contribution in [0.5, 0.6) is 5.75 Å². The molecule has 74 valence electrons. The molecule has 0 aromatic heterocycles. The molecule has 0 aliphatic heterocycles. The van der Waals surface area contributed by atoms with Crippen LogP contribution in [0.1, 0.15) is 27.6 Å². The number of methoxy groups -OCH3 is 1. The molecule has 0 fully saturated rings. The van der Waals surface area contributed by atoms with Crippen LogP contribution in [0.3, 0.4) is 0 Å². The van der Waals surface area contributed by atoms with Gasteiger partial charge in [-0.25, -0.2) is 0 Å². The van der Waals surface area contributed by atoms with Gasteiger partial charge >= 0.3 is 0 Å². The first-order valence-electron chi connectivity index (χ1n) is 3.94. The highest BCUT2D eigenvalue weighted by molar-refractivity contribution is 9.10. The first-order chi connectivity index (χ1) is 6.61. The second kappa shape index (κ2) is 4.37. The highest BCUT2D eigenvalue weighted by Crippen LogP contribution is 2.28. The van der Waals surface area contributed by atoms with Crippen molar-refractivity contribution in [3.05, 3.63) is 27.7 Å². The zero-order valence-corrected chi connectivity index (χ0v) is 9.42. The predicted octanol–water partition coefficient (Wildman–Crippen LogP) is 2.47. The molecular weight excluding hydrogens is 248 g/mol. The number of ketones is 1. The zero-order valence-electron chi connectivity index (χ0n) is 7.83. The molecule has 0 bridgehead atoms. The largest absolute Gasteiger partial charge is 0.496 e. The summed E-state index contributed by atoms with van der Waals surface area (Å²) in [6.07, 6.45) is 0.662. The van der Waals surface area contributed by atoms with Gasteiger partial charge in [0.1, 0.15) is 5.75 Å². The van der Waals surface area contributed by atoms with Crippen molar-refractivity contribution < 1.29 is 14.3 Å². The Morgan fingerprint density at radius 1 is 1.50 bits per heavy atom. The van der Waals surface area contributed by atoms with Crippen LogP contribution in [0.25, 0.3) is 0 Å². The van der Waals surface area contributed by atoms with Gasteiger partial charge in [0.05, 0.1) is 12.7 Å². The van der Waals surface area contributed by atoms with Crippen molar-refractivity contribution in [3.63, 3.8) is 0 Å². The summed E-state index contributed by atoms with van der Waals surface area (Å²) in [5.41, 5.74) is 0.841. The van der Waals surface area contributed by atoms with Crippen molar-refractivity contribution in [2.24, 2.45) is 0 Å². The SMILES string of the molecule is COc1ccc(C(C)=O)c(Br)c1C=O. The average molecular weight is 257 g/mol. The maximum atomic E-state index is 11.1. The third-order valence-corrected chi connectivity index (χ3v) is 2.71. The number of carbonyl (C=O) groups excluding carboxylic acids is 2. The molecule has 0 aliphatic carbocycles. The fourth-order valence-corrected chi connectivity index (χ4v) is 1.84. The molecule has 14 heavy (non-hydrogen) atoms. The number of aldehydes is 1. The highest BCUT2D eigenvalue weighted by Gasteiger charge is 2.13. The third-order valence-electron chi connectivity index (χ3n) is 1.86. The summed E-state index contributed by atoms with van der Waals surface area (Å²) in [7, 11) is 1.47. The molecule has 3 nitrogen and oxygen atoms in total. The Morgan fingerprint density at radius 3 is 2.57 bits per heavy atom. The van der Waals surface area contributed by atoms with Crippen molar-refractivity contribution in [3.8, 4) is 5.75 Å². The van der Waals surface area contributed by atoms with Gasteiger partial charge in [0.25, 0.3) is 0 Å². The smallest absolute Gasteiger partial charge is 0.160 e. The lowest BCUT2D eigenvalue weighted by atomic mass is 10.1. The minimum Gasteiger partial charge on any atom is -0.496 e. The van der Waals surface area contributed by atoms with Gasteiger partial charge in [0.2, 0.25) is 0 Å². The quantitative estimate of drug-likeness (QED) is 0.617. The summed E-state index contributed by atoms with van der Waals surface area (Å²) >= 11 is 3.20. The number of halogens is 1. The molecule has 1 rings (SSSR count). The van der Waals surface area contributed by atoms with E-state index in [2.05, 4.69) is 15.9 Å². The van der Waals surface area contributed by atoms with E-state index in [0.717, 1.165) is 0 Å². The molecule has 0 saturated heterocycles. The number of hydrogen-bond donors (Lipinski definition) is 0. The van der Waals surface area contributed by atoms with Gasteiger partial charge in [-0.3, -0.25) is 9.59 Å². The molecular formula is C10H9BrO3. The Hall–Kier alpha value is -1.16. The van der Waals surface area contributed by atoms with Crippen LogP contribution in [0, 0.1) is 0 Å². The maximum Gasteiger partial charge on any atom is 0.160 e. The minimum absolute atomic E-state index is 0.0948. The second-order valence-corrected chi connectivity index (χ2v) is 3.51. The topological polar surface area (TPSA) is 43.4 Å². The number of benzene rings is 1. The molecule has 0 heterocycles. The van der Waals surface area contributed by atoms with Gasteiger partial charge in [-0.05, 0) is 35.0 Å². The van der Waals surface area contributed by atoms with E-state index < -0.39 is 0 Å². The first kappa shape index (κ1) is 10.9. The van der Waals surface area contributed by atoms with Crippen molar-refractivity contribution in [2.45, 2.75) is 6.92 Å². The minimum atomic E-state index is -0.0948. The fourth-order valence-electron chi connectivity index (χ4n) is 1.13. The van der Waals surface area contributed by atoms with Gasteiger partial charge in [-0.2, -0.15) is 0 Å². The van der Waals surface area contributed by atoms with Crippen molar-refractivity contribution in [1.29, 1.82) is 0 Å². The Balaban J connectivity index is 3.42. The van der Waals surface area contributed by atoms with E-state index in [1.807, 2.05) is 0 Å². The van der Waals surface area contributed by atoms with E-state index in [-0.39, 0.29) is 5.78 Å². The normalized spacial score (nSPS) is 9.64. The molecule has 4 heteroatoms. The Bertz CT molecular complexity index is 385. The molecule has 0 aliphatic rings. The molecule has 0 radical (unpaired) electrons. The van der Waals surface area contributed by atoms with E-state index >= 15 is 0 Å². The first-order valence-corrected chi connectivity index (χ1v) is 4.73.